The van der Waals surface area contributed by atoms with E-state index in [2.05, 4.69) is 15.6 Å². The Hall–Kier alpha value is -1.23. The van der Waals surface area contributed by atoms with E-state index >= 15 is 0 Å². The lowest BCUT2D eigenvalue weighted by Crippen LogP contribution is -2.39. The standard InChI is InChI=1S/C18H29F3N4O.HI/c1-3-22-17(23-11-7-13-25(2)15-18(19,20)21)24-12-8-14-26-16-9-5-4-6-10-16;/h4-6,9-10H,3,7-8,11-15H2,1-2H3,(H2,22,23,24);1H. The van der Waals surface area contributed by atoms with Crippen LogP contribution >= 0.6 is 24.0 Å². The van der Waals surface area contributed by atoms with Gasteiger partial charge in [-0.15, -0.1) is 24.0 Å². The molecule has 1 aromatic rings. The fourth-order valence-corrected chi connectivity index (χ4v) is 2.24. The summed E-state index contributed by atoms with van der Waals surface area (Å²) in [5, 5.41) is 6.26. The van der Waals surface area contributed by atoms with Crippen molar-refractivity contribution in [3.05, 3.63) is 30.3 Å². The van der Waals surface area contributed by atoms with Crippen molar-refractivity contribution in [1.82, 2.24) is 15.5 Å². The summed E-state index contributed by atoms with van der Waals surface area (Å²) in [6.45, 7) is 3.92. The Morgan fingerprint density at radius 2 is 1.85 bits per heavy atom. The molecular weight excluding hydrogens is 472 g/mol. The van der Waals surface area contributed by atoms with Gasteiger partial charge in [0, 0.05) is 26.1 Å². The molecule has 0 aromatic heterocycles. The molecule has 0 aliphatic carbocycles. The highest BCUT2D eigenvalue weighted by molar-refractivity contribution is 14.0. The maximum absolute atomic E-state index is 12.3. The highest BCUT2D eigenvalue weighted by Gasteiger charge is 2.28. The summed E-state index contributed by atoms with van der Waals surface area (Å²) in [4.78, 5) is 5.71. The second kappa shape index (κ2) is 14.8. The Labute approximate surface area is 176 Å². The summed E-state index contributed by atoms with van der Waals surface area (Å²) in [5.74, 6) is 1.51. The van der Waals surface area contributed by atoms with Gasteiger partial charge in [-0.3, -0.25) is 9.89 Å². The van der Waals surface area contributed by atoms with Crippen molar-refractivity contribution >= 4 is 29.9 Å². The lowest BCUT2D eigenvalue weighted by Gasteiger charge is -2.18. The number of halogens is 4. The third-order valence-electron chi connectivity index (χ3n) is 3.39. The number of alkyl halides is 3. The number of nitrogens with zero attached hydrogens (tertiary/aromatic N) is 2. The highest BCUT2D eigenvalue weighted by atomic mass is 127. The zero-order valence-corrected chi connectivity index (χ0v) is 18.2. The first-order valence-electron chi connectivity index (χ1n) is 8.86. The number of benzene rings is 1. The van der Waals surface area contributed by atoms with E-state index in [1.54, 1.807) is 0 Å². The van der Waals surface area contributed by atoms with Crippen molar-refractivity contribution in [3.8, 4) is 5.75 Å². The van der Waals surface area contributed by atoms with Crippen molar-refractivity contribution in [2.75, 3.05) is 46.4 Å². The van der Waals surface area contributed by atoms with Crippen molar-refractivity contribution in [2.24, 2.45) is 4.99 Å². The van der Waals surface area contributed by atoms with Crippen LogP contribution in [0.3, 0.4) is 0 Å². The molecule has 0 radical (unpaired) electrons. The summed E-state index contributed by atoms with van der Waals surface area (Å²) in [5.41, 5.74) is 0. The van der Waals surface area contributed by atoms with Crippen LogP contribution in [0.5, 0.6) is 5.75 Å². The van der Waals surface area contributed by atoms with Gasteiger partial charge in [0.1, 0.15) is 5.75 Å². The number of hydrogen-bond donors (Lipinski definition) is 2. The van der Waals surface area contributed by atoms with Crippen molar-refractivity contribution < 1.29 is 17.9 Å². The number of ether oxygens (including phenoxy) is 1. The van der Waals surface area contributed by atoms with Gasteiger partial charge in [0.2, 0.25) is 0 Å². The number of guanidine groups is 1. The van der Waals surface area contributed by atoms with Crippen molar-refractivity contribution in [2.45, 2.75) is 25.9 Å². The van der Waals surface area contributed by atoms with Gasteiger partial charge in [0.05, 0.1) is 13.2 Å². The Morgan fingerprint density at radius 3 is 2.48 bits per heavy atom. The second-order valence-corrected chi connectivity index (χ2v) is 5.91. The van der Waals surface area contributed by atoms with Crippen LogP contribution in [0.4, 0.5) is 13.2 Å². The number of rotatable bonds is 11. The molecule has 27 heavy (non-hydrogen) atoms. The second-order valence-electron chi connectivity index (χ2n) is 5.91. The molecule has 0 bridgehead atoms. The molecule has 0 saturated heterocycles. The molecule has 1 rings (SSSR count). The van der Waals surface area contributed by atoms with Gasteiger partial charge in [0.25, 0.3) is 0 Å². The molecule has 0 unspecified atom stereocenters. The Morgan fingerprint density at radius 1 is 1.15 bits per heavy atom. The van der Waals surface area contributed by atoms with E-state index in [1.165, 1.54) is 11.9 Å². The number of nitrogens with one attached hydrogen (secondary N) is 2. The molecule has 0 atom stereocenters. The van der Waals surface area contributed by atoms with E-state index in [0.717, 1.165) is 18.7 Å². The van der Waals surface area contributed by atoms with E-state index in [-0.39, 0.29) is 24.0 Å². The van der Waals surface area contributed by atoms with Crippen molar-refractivity contribution in [3.63, 3.8) is 0 Å². The lowest BCUT2D eigenvalue weighted by molar-refractivity contribution is -0.143. The first-order valence-corrected chi connectivity index (χ1v) is 8.86. The highest BCUT2D eigenvalue weighted by Crippen LogP contribution is 2.15. The molecule has 2 N–H and O–H groups in total. The van der Waals surface area contributed by atoms with Gasteiger partial charge in [-0.25, -0.2) is 0 Å². The summed E-state index contributed by atoms with van der Waals surface area (Å²) in [6.07, 6.45) is -2.77. The van der Waals surface area contributed by atoms with Crippen LogP contribution in [-0.4, -0.2) is 63.4 Å². The topological polar surface area (TPSA) is 48.9 Å². The predicted molar refractivity (Wildman–Crippen MR) is 114 cm³/mol. The fraction of sp³-hybridized carbons (Fsp3) is 0.611. The average Bonchev–Trinajstić information content (AvgIpc) is 2.57. The maximum Gasteiger partial charge on any atom is 0.401 e. The fourth-order valence-electron chi connectivity index (χ4n) is 2.24. The van der Waals surface area contributed by atoms with Crippen LogP contribution < -0.4 is 15.4 Å². The van der Waals surface area contributed by atoms with E-state index in [9.17, 15) is 13.2 Å². The molecule has 9 heteroatoms. The summed E-state index contributed by atoms with van der Waals surface area (Å²) in [6, 6.07) is 9.60. The van der Waals surface area contributed by atoms with Gasteiger partial charge < -0.3 is 15.4 Å². The molecule has 0 fully saturated rings. The van der Waals surface area contributed by atoms with E-state index in [0.29, 0.717) is 38.6 Å². The normalized spacial score (nSPS) is 11.9. The SMILES string of the molecule is CCNC(=NCCCOc1ccccc1)NCCCN(C)CC(F)(F)F.I. The smallest absolute Gasteiger partial charge is 0.401 e. The average molecular weight is 502 g/mol. The molecule has 0 amide bonds. The van der Waals surface area contributed by atoms with Gasteiger partial charge in [-0.2, -0.15) is 13.2 Å². The zero-order valence-electron chi connectivity index (χ0n) is 15.9. The number of aliphatic imine (C=N–C) groups is 1. The quantitative estimate of drug-likeness (QED) is 0.211. The first-order chi connectivity index (χ1) is 12.4. The van der Waals surface area contributed by atoms with Gasteiger partial charge in [-0.1, -0.05) is 18.2 Å². The summed E-state index contributed by atoms with van der Waals surface area (Å²) in [7, 11) is 1.47. The summed E-state index contributed by atoms with van der Waals surface area (Å²) >= 11 is 0. The van der Waals surface area contributed by atoms with E-state index < -0.39 is 12.7 Å². The molecule has 0 saturated carbocycles. The molecular formula is C18H30F3IN4O. The van der Waals surface area contributed by atoms with Crippen LogP contribution in [0, 0.1) is 0 Å². The van der Waals surface area contributed by atoms with Gasteiger partial charge in [0.15, 0.2) is 5.96 Å². The van der Waals surface area contributed by atoms with Crippen molar-refractivity contribution in [1.29, 1.82) is 0 Å². The first kappa shape index (κ1) is 25.8. The molecule has 5 nitrogen and oxygen atoms in total. The zero-order chi connectivity index (χ0) is 19.3. The molecule has 0 spiro atoms. The van der Waals surface area contributed by atoms with E-state index in [1.807, 2.05) is 37.3 Å². The maximum atomic E-state index is 12.3. The van der Waals surface area contributed by atoms with Crippen LogP contribution in [0.2, 0.25) is 0 Å². The molecule has 0 aliphatic heterocycles. The van der Waals surface area contributed by atoms with Crippen LogP contribution in [-0.2, 0) is 0 Å². The van der Waals surface area contributed by atoms with E-state index in [4.69, 9.17) is 4.74 Å². The number of hydrogen-bond acceptors (Lipinski definition) is 3. The largest absolute Gasteiger partial charge is 0.494 e. The number of para-hydroxylation sites is 1. The minimum Gasteiger partial charge on any atom is -0.494 e. The third-order valence-corrected chi connectivity index (χ3v) is 3.39. The molecule has 1 aromatic carbocycles. The monoisotopic (exact) mass is 502 g/mol. The predicted octanol–water partition coefficient (Wildman–Crippen LogP) is 3.51. The third kappa shape index (κ3) is 14.5. The van der Waals surface area contributed by atoms with Crippen LogP contribution in [0.25, 0.3) is 0 Å². The van der Waals surface area contributed by atoms with Gasteiger partial charge >= 0.3 is 6.18 Å². The Kier molecular flexibility index (Phi) is 14.1. The molecule has 156 valence electrons. The van der Waals surface area contributed by atoms with Crippen LogP contribution in [0.15, 0.2) is 35.3 Å². The Balaban J connectivity index is 0.00000676. The minimum atomic E-state index is -4.15. The van der Waals surface area contributed by atoms with Crippen LogP contribution in [0.1, 0.15) is 19.8 Å². The molecule has 0 heterocycles. The Bertz CT molecular complexity index is 515. The summed E-state index contributed by atoms with van der Waals surface area (Å²) < 4.78 is 42.4. The van der Waals surface area contributed by atoms with Gasteiger partial charge in [-0.05, 0) is 39.1 Å². The lowest BCUT2D eigenvalue weighted by atomic mass is 10.3. The molecule has 0 aliphatic rings. The minimum absolute atomic E-state index is 0.